The second-order valence-corrected chi connectivity index (χ2v) is 5.77. The van der Waals surface area contributed by atoms with Gasteiger partial charge >= 0.3 is 6.03 Å². The van der Waals surface area contributed by atoms with Crippen LogP contribution in [0.4, 0.5) is 10.5 Å². The van der Waals surface area contributed by atoms with Crippen LogP contribution in [-0.4, -0.2) is 23.1 Å². The van der Waals surface area contributed by atoms with E-state index in [1.165, 1.54) is 11.9 Å². The molecule has 3 nitrogen and oxygen atoms in total. The summed E-state index contributed by atoms with van der Waals surface area (Å²) in [7, 11) is 1.74. The van der Waals surface area contributed by atoms with Gasteiger partial charge in [-0.1, -0.05) is 36.5 Å². The van der Waals surface area contributed by atoms with E-state index in [0.29, 0.717) is 15.7 Å². The lowest BCUT2D eigenvalue weighted by atomic mass is 10.3. The molecule has 0 aliphatic carbocycles. The van der Waals surface area contributed by atoms with Gasteiger partial charge in [-0.05, 0) is 36.6 Å². The number of nitrogens with zero attached hydrogens (tertiary/aromatic N) is 1. The highest BCUT2D eigenvalue weighted by molar-refractivity contribution is 7.97. The van der Waals surface area contributed by atoms with Gasteiger partial charge in [0.2, 0.25) is 0 Å². The maximum atomic E-state index is 11.8. The first-order valence-corrected chi connectivity index (χ1v) is 7.37. The van der Waals surface area contributed by atoms with Crippen LogP contribution < -0.4 is 5.32 Å². The molecule has 0 aromatic heterocycles. The molecular formula is C12H16Cl2N2OS. The number of anilines is 1. The number of carbonyl (C=O) groups excluding carboxylic acids is 1. The number of nitrogens with one attached hydrogen (secondary N) is 1. The highest BCUT2D eigenvalue weighted by Gasteiger charge is 2.09. The minimum absolute atomic E-state index is 0.172. The summed E-state index contributed by atoms with van der Waals surface area (Å²) in [6.45, 7) is 2.12. The lowest BCUT2D eigenvalue weighted by Crippen LogP contribution is -2.25. The predicted octanol–water partition coefficient (Wildman–Crippen LogP) is 4.91. The van der Waals surface area contributed by atoms with Gasteiger partial charge in [0, 0.05) is 18.5 Å². The van der Waals surface area contributed by atoms with Crippen LogP contribution in [-0.2, 0) is 0 Å². The van der Waals surface area contributed by atoms with Crippen molar-refractivity contribution in [3.05, 3.63) is 28.2 Å². The molecule has 1 N–H and O–H groups in total. The SMILES string of the molecule is CCCCSN(C)C(=O)Nc1ccc(Cl)c(Cl)c1. The van der Waals surface area contributed by atoms with Gasteiger partial charge in [-0.2, -0.15) is 0 Å². The van der Waals surface area contributed by atoms with E-state index in [1.54, 1.807) is 29.6 Å². The van der Waals surface area contributed by atoms with Gasteiger partial charge in [-0.15, -0.1) is 0 Å². The number of halogens is 2. The average molecular weight is 307 g/mol. The van der Waals surface area contributed by atoms with Gasteiger partial charge in [0.15, 0.2) is 0 Å². The second kappa shape index (κ2) is 7.77. The maximum absolute atomic E-state index is 11.8. The Hall–Kier alpha value is -0.580. The van der Waals surface area contributed by atoms with Crippen LogP contribution in [0.5, 0.6) is 0 Å². The predicted molar refractivity (Wildman–Crippen MR) is 80.6 cm³/mol. The smallest absolute Gasteiger partial charge is 0.307 e. The lowest BCUT2D eigenvalue weighted by Gasteiger charge is -2.16. The minimum atomic E-state index is -0.172. The zero-order valence-electron chi connectivity index (χ0n) is 10.4. The van der Waals surface area contributed by atoms with Gasteiger partial charge in [0.1, 0.15) is 0 Å². The van der Waals surface area contributed by atoms with E-state index < -0.39 is 0 Å². The number of hydrogen-bond acceptors (Lipinski definition) is 2. The third-order valence-electron chi connectivity index (χ3n) is 2.24. The molecule has 1 aromatic carbocycles. The van der Waals surface area contributed by atoms with Gasteiger partial charge in [0.05, 0.1) is 10.0 Å². The molecule has 1 rings (SSSR count). The Labute approximate surface area is 122 Å². The van der Waals surface area contributed by atoms with E-state index in [4.69, 9.17) is 23.2 Å². The third kappa shape index (κ3) is 4.96. The molecule has 0 fully saturated rings. The Morgan fingerprint density at radius 1 is 1.39 bits per heavy atom. The van der Waals surface area contributed by atoms with Crippen LogP contribution >= 0.6 is 35.1 Å². The summed E-state index contributed by atoms with van der Waals surface area (Å²) in [4.78, 5) is 11.8. The fraction of sp³-hybridized carbons (Fsp3) is 0.417. The molecule has 100 valence electrons. The number of carbonyl (C=O) groups is 1. The van der Waals surface area contributed by atoms with Crippen molar-refractivity contribution in [2.45, 2.75) is 19.8 Å². The number of unbranched alkanes of at least 4 members (excludes halogenated alkanes) is 1. The van der Waals surface area contributed by atoms with Crippen molar-refractivity contribution >= 4 is 46.9 Å². The van der Waals surface area contributed by atoms with E-state index >= 15 is 0 Å². The van der Waals surface area contributed by atoms with Crippen molar-refractivity contribution in [2.75, 3.05) is 18.1 Å². The van der Waals surface area contributed by atoms with Gasteiger partial charge in [-0.25, -0.2) is 4.79 Å². The Morgan fingerprint density at radius 3 is 2.72 bits per heavy atom. The molecule has 0 aliphatic heterocycles. The highest BCUT2D eigenvalue weighted by atomic mass is 35.5. The van der Waals surface area contributed by atoms with Crippen LogP contribution in [0.25, 0.3) is 0 Å². The Balaban J connectivity index is 2.50. The summed E-state index contributed by atoms with van der Waals surface area (Å²) in [5, 5.41) is 3.66. The largest absolute Gasteiger partial charge is 0.331 e. The van der Waals surface area contributed by atoms with E-state index in [-0.39, 0.29) is 6.03 Å². The molecule has 6 heteroatoms. The van der Waals surface area contributed by atoms with Crippen molar-refractivity contribution < 1.29 is 4.79 Å². The van der Waals surface area contributed by atoms with Crippen LogP contribution in [0.3, 0.4) is 0 Å². The molecule has 0 atom stereocenters. The molecule has 0 unspecified atom stereocenters. The Bertz CT molecular complexity index is 415. The van der Waals surface area contributed by atoms with Crippen LogP contribution in [0.15, 0.2) is 18.2 Å². The standard InChI is InChI=1S/C12H16Cl2N2OS/c1-3-4-7-18-16(2)12(17)15-9-5-6-10(13)11(14)8-9/h5-6,8H,3-4,7H2,1-2H3,(H,15,17). The van der Waals surface area contributed by atoms with Gasteiger partial charge < -0.3 is 5.32 Å². The highest BCUT2D eigenvalue weighted by Crippen LogP contribution is 2.25. The summed E-state index contributed by atoms with van der Waals surface area (Å²) in [6.07, 6.45) is 2.21. The second-order valence-electron chi connectivity index (χ2n) is 3.74. The molecule has 2 amide bonds. The number of urea groups is 1. The van der Waals surface area contributed by atoms with E-state index in [2.05, 4.69) is 12.2 Å². The fourth-order valence-corrected chi connectivity index (χ4v) is 2.33. The van der Waals surface area contributed by atoms with Crippen LogP contribution in [0.2, 0.25) is 10.0 Å². The van der Waals surface area contributed by atoms with Gasteiger partial charge in [-0.3, -0.25) is 4.31 Å². The average Bonchev–Trinajstić information content (AvgIpc) is 2.34. The molecule has 0 aliphatic rings. The third-order valence-corrected chi connectivity index (χ3v) is 4.00. The Morgan fingerprint density at radius 2 is 2.11 bits per heavy atom. The number of hydrogen-bond donors (Lipinski definition) is 1. The molecule has 18 heavy (non-hydrogen) atoms. The van der Waals surface area contributed by atoms with E-state index in [0.717, 1.165) is 18.6 Å². The Kier molecular flexibility index (Phi) is 6.68. The molecule has 0 spiro atoms. The van der Waals surface area contributed by atoms with Crippen LogP contribution in [0, 0.1) is 0 Å². The summed E-state index contributed by atoms with van der Waals surface area (Å²) in [5.74, 6) is 0.932. The topological polar surface area (TPSA) is 32.3 Å². The molecular weight excluding hydrogens is 291 g/mol. The van der Waals surface area contributed by atoms with Gasteiger partial charge in [0.25, 0.3) is 0 Å². The summed E-state index contributed by atoms with van der Waals surface area (Å²) in [6, 6.07) is 4.83. The fourth-order valence-electron chi connectivity index (χ4n) is 1.18. The normalized spacial score (nSPS) is 10.2. The van der Waals surface area contributed by atoms with E-state index in [1.807, 2.05) is 0 Å². The molecule has 0 bridgehead atoms. The first-order valence-electron chi connectivity index (χ1n) is 5.67. The van der Waals surface area contributed by atoms with E-state index in [9.17, 15) is 4.79 Å². The van der Waals surface area contributed by atoms with Crippen LogP contribution in [0.1, 0.15) is 19.8 Å². The first kappa shape index (κ1) is 15.5. The number of amides is 2. The molecule has 1 aromatic rings. The van der Waals surface area contributed by atoms with Crippen molar-refractivity contribution in [3.8, 4) is 0 Å². The zero-order valence-corrected chi connectivity index (χ0v) is 12.7. The summed E-state index contributed by atoms with van der Waals surface area (Å²) < 4.78 is 1.58. The van der Waals surface area contributed by atoms with Crippen molar-refractivity contribution in [2.24, 2.45) is 0 Å². The number of benzene rings is 1. The monoisotopic (exact) mass is 306 g/mol. The molecule has 0 saturated carbocycles. The summed E-state index contributed by atoms with van der Waals surface area (Å²) in [5.41, 5.74) is 0.636. The molecule has 0 saturated heterocycles. The summed E-state index contributed by atoms with van der Waals surface area (Å²) >= 11 is 13.2. The molecule has 0 radical (unpaired) electrons. The minimum Gasteiger partial charge on any atom is -0.307 e. The quantitative estimate of drug-likeness (QED) is 0.619. The van der Waals surface area contributed by atoms with Crippen molar-refractivity contribution in [1.82, 2.24) is 4.31 Å². The first-order chi connectivity index (χ1) is 8.54. The number of rotatable bonds is 5. The maximum Gasteiger partial charge on any atom is 0.331 e. The van der Waals surface area contributed by atoms with Crippen molar-refractivity contribution in [3.63, 3.8) is 0 Å². The van der Waals surface area contributed by atoms with Crippen molar-refractivity contribution in [1.29, 1.82) is 0 Å². The zero-order chi connectivity index (χ0) is 13.5. The molecule has 0 heterocycles. The lowest BCUT2D eigenvalue weighted by molar-refractivity contribution is 0.243.